The van der Waals surface area contributed by atoms with Crippen LogP contribution in [0.15, 0.2) is 0 Å². The van der Waals surface area contributed by atoms with Gasteiger partial charge in [0.1, 0.15) is 6.04 Å². The number of carbonyl (C=O) groups is 2. The monoisotopic (exact) mass is 369 g/mol. The van der Waals surface area contributed by atoms with Crippen LogP contribution in [0.5, 0.6) is 0 Å². The van der Waals surface area contributed by atoms with Gasteiger partial charge in [-0.25, -0.2) is 0 Å². The second-order valence-electron chi connectivity index (χ2n) is 9.51. The summed E-state index contributed by atoms with van der Waals surface area (Å²) >= 11 is 0. The van der Waals surface area contributed by atoms with Crippen molar-refractivity contribution in [3.63, 3.8) is 0 Å². The fourth-order valence-electron chi connectivity index (χ4n) is 5.92. The predicted molar refractivity (Wildman–Crippen MR) is 98.4 cm³/mol. The molecular formula is C20H35NO5. The topological polar surface area (TPSA) is 110 Å². The third kappa shape index (κ3) is 4.22. The van der Waals surface area contributed by atoms with Gasteiger partial charge in [0, 0.05) is 0 Å². The molecule has 5 atom stereocenters. The summed E-state index contributed by atoms with van der Waals surface area (Å²) in [4.78, 5) is 22.5. The lowest BCUT2D eigenvalue weighted by Gasteiger charge is -2.61. The number of esters is 1. The van der Waals surface area contributed by atoms with Crippen molar-refractivity contribution in [2.75, 3.05) is 6.61 Å². The number of carboxylic acids is 1. The molecule has 6 heteroatoms. The molecule has 2 aliphatic carbocycles. The molecule has 0 aromatic rings. The Morgan fingerprint density at radius 3 is 2.46 bits per heavy atom. The maximum Gasteiger partial charge on any atom is 0.323 e. The van der Waals surface area contributed by atoms with E-state index in [9.17, 15) is 14.7 Å². The van der Waals surface area contributed by atoms with Gasteiger partial charge in [-0.3, -0.25) is 9.59 Å². The predicted octanol–water partition coefficient (Wildman–Crippen LogP) is 2.72. The zero-order valence-corrected chi connectivity index (χ0v) is 16.6. The van der Waals surface area contributed by atoms with Gasteiger partial charge in [-0.1, -0.05) is 27.2 Å². The number of nitrogens with two attached hydrogens (primary N) is 1. The highest BCUT2D eigenvalue weighted by atomic mass is 16.5. The van der Waals surface area contributed by atoms with Gasteiger partial charge in [-0.2, -0.15) is 0 Å². The summed E-state index contributed by atoms with van der Waals surface area (Å²) in [5.41, 5.74) is 5.04. The molecule has 6 nitrogen and oxygen atoms in total. The van der Waals surface area contributed by atoms with Crippen LogP contribution in [0.4, 0.5) is 0 Å². The van der Waals surface area contributed by atoms with E-state index in [4.69, 9.17) is 15.6 Å². The molecule has 2 rings (SSSR count). The number of aliphatic hydroxyl groups is 1. The van der Waals surface area contributed by atoms with E-state index < -0.39 is 30.0 Å². The minimum absolute atomic E-state index is 0.0130. The number of carboxylic acid groups (broad SMARTS) is 1. The fraction of sp³-hybridized carbons (Fsp3) is 0.900. The molecule has 26 heavy (non-hydrogen) atoms. The van der Waals surface area contributed by atoms with Crippen molar-refractivity contribution in [2.45, 2.75) is 84.3 Å². The molecule has 2 fully saturated rings. The lowest BCUT2D eigenvalue weighted by molar-refractivity contribution is -0.175. The third-order valence-electron chi connectivity index (χ3n) is 7.11. The van der Waals surface area contributed by atoms with Gasteiger partial charge < -0.3 is 20.7 Å². The Kier molecular flexibility index (Phi) is 6.08. The molecule has 0 aromatic heterocycles. The third-order valence-corrected chi connectivity index (χ3v) is 7.11. The highest BCUT2D eigenvalue weighted by Gasteiger charge is 2.57. The molecule has 2 saturated carbocycles. The van der Waals surface area contributed by atoms with Crippen molar-refractivity contribution in [3.8, 4) is 0 Å². The number of hydrogen-bond donors (Lipinski definition) is 3. The molecule has 0 radical (unpaired) electrons. The average molecular weight is 370 g/mol. The number of aliphatic carboxylic acids is 1. The lowest BCUT2D eigenvalue weighted by atomic mass is 9.45. The standard InChI is InChI=1S/C20H35NO5/c1-18(2)8-5-9-19(3)14(18)6-10-20(4,25)15(19)7-11-26-17(24)13(21)12-16(22)23/h13-15,25H,5-12,21H2,1-4H3,(H,22,23)/t13?,14?,15?,19-,20+/m0/s1. The molecule has 150 valence electrons. The first kappa shape index (κ1) is 21.2. The summed E-state index contributed by atoms with van der Waals surface area (Å²) in [6, 6.07) is -1.14. The minimum Gasteiger partial charge on any atom is -0.481 e. The largest absolute Gasteiger partial charge is 0.481 e. The van der Waals surface area contributed by atoms with Crippen molar-refractivity contribution in [2.24, 2.45) is 28.4 Å². The van der Waals surface area contributed by atoms with E-state index in [1.807, 2.05) is 6.92 Å². The normalized spacial score (nSPS) is 37.5. The maximum atomic E-state index is 11.9. The van der Waals surface area contributed by atoms with Crippen LogP contribution in [-0.2, 0) is 14.3 Å². The maximum absolute atomic E-state index is 11.9. The Labute approximate surface area is 156 Å². The molecule has 0 aromatic carbocycles. The Morgan fingerprint density at radius 2 is 1.85 bits per heavy atom. The second kappa shape index (κ2) is 7.47. The van der Waals surface area contributed by atoms with E-state index in [1.54, 1.807) is 0 Å². The van der Waals surface area contributed by atoms with E-state index >= 15 is 0 Å². The molecular weight excluding hydrogens is 334 g/mol. The number of carbonyl (C=O) groups excluding carboxylic acids is 1. The van der Waals surface area contributed by atoms with E-state index in [1.165, 1.54) is 6.42 Å². The fourth-order valence-corrected chi connectivity index (χ4v) is 5.92. The molecule has 0 heterocycles. The van der Waals surface area contributed by atoms with E-state index in [-0.39, 0.29) is 23.4 Å². The first-order valence-corrected chi connectivity index (χ1v) is 9.76. The summed E-state index contributed by atoms with van der Waals surface area (Å²) in [6.07, 6.45) is 5.35. The Hall–Kier alpha value is -1.14. The molecule has 0 saturated heterocycles. The summed E-state index contributed by atoms with van der Waals surface area (Å²) in [5.74, 6) is -1.23. The first-order valence-electron chi connectivity index (χ1n) is 9.76. The van der Waals surface area contributed by atoms with E-state index in [0.29, 0.717) is 12.3 Å². The summed E-state index contributed by atoms with van der Waals surface area (Å²) in [7, 11) is 0. The lowest BCUT2D eigenvalue weighted by Crippen LogP contribution is -2.57. The van der Waals surface area contributed by atoms with E-state index in [0.717, 1.165) is 25.7 Å². The van der Waals surface area contributed by atoms with Crippen LogP contribution in [0.3, 0.4) is 0 Å². The van der Waals surface area contributed by atoms with Crippen molar-refractivity contribution in [1.82, 2.24) is 0 Å². The van der Waals surface area contributed by atoms with Crippen LogP contribution < -0.4 is 5.73 Å². The van der Waals surface area contributed by atoms with Gasteiger partial charge in [0.2, 0.25) is 0 Å². The Bertz CT molecular complexity index is 544. The second-order valence-corrected chi connectivity index (χ2v) is 9.51. The van der Waals surface area contributed by atoms with Crippen LogP contribution >= 0.6 is 0 Å². The zero-order chi connectivity index (χ0) is 19.8. The summed E-state index contributed by atoms with van der Waals surface area (Å²) in [5, 5.41) is 19.8. The van der Waals surface area contributed by atoms with Gasteiger partial charge in [0.05, 0.1) is 18.6 Å². The molecule has 4 N–H and O–H groups in total. The van der Waals surface area contributed by atoms with Gasteiger partial charge in [-0.15, -0.1) is 0 Å². The van der Waals surface area contributed by atoms with Crippen LogP contribution in [0.25, 0.3) is 0 Å². The van der Waals surface area contributed by atoms with E-state index in [2.05, 4.69) is 20.8 Å². The minimum atomic E-state index is -1.14. The first-order chi connectivity index (χ1) is 11.9. The van der Waals surface area contributed by atoms with Crippen LogP contribution in [0.1, 0.15) is 72.6 Å². The average Bonchev–Trinajstić information content (AvgIpc) is 2.47. The SMILES string of the molecule is CC1(C)CCC[C@@]2(C)C1CC[C@@](C)(O)C2CCOC(=O)C(N)CC(=O)O. The smallest absolute Gasteiger partial charge is 0.323 e. The summed E-state index contributed by atoms with van der Waals surface area (Å²) in [6.45, 7) is 9.01. The molecule has 3 unspecified atom stereocenters. The van der Waals surface area contributed by atoms with Crippen LogP contribution in [0, 0.1) is 22.7 Å². The van der Waals surface area contributed by atoms with Gasteiger partial charge in [0.15, 0.2) is 0 Å². The zero-order valence-electron chi connectivity index (χ0n) is 16.6. The molecule has 0 spiro atoms. The highest BCUT2D eigenvalue weighted by molar-refractivity contribution is 5.81. The van der Waals surface area contributed by atoms with Gasteiger partial charge in [-0.05, 0) is 61.7 Å². The number of ether oxygens (including phenoxy) is 1. The van der Waals surface area contributed by atoms with Crippen LogP contribution in [0.2, 0.25) is 0 Å². The van der Waals surface area contributed by atoms with Crippen molar-refractivity contribution in [3.05, 3.63) is 0 Å². The number of rotatable bonds is 6. The molecule has 0 amide bonds. The van der Waals surface area contributed by atoms with Gasteiger partial charge >= 0.3 is 11.9 Å². The van der Waals surface area contributed by atoms with Crippen molar-refractivity contribution >= 4 is 11.9 Å². The Balaban J connectivity index is 2.05. The van der Waals surface area contributed by atoms with Crippen LogP contribution in [-0.4, -0.2) is 40.4 Å². The summed E-state index contributed by atoms with van der Waals surface area (Å²) < 4.78 is 5.24. The highest BCUT2D eigenvalue weighted by Crippen LogP contribution is 2.62. The molecule has 2 aliphatic rings. The molecule has 0 aliphatic heterocycles. The quantitative estimate of drug-likeness (QED) is 0.621. The Morgan fingerprint density at radius 1 is 1.19 bits per heavy atom. The number of hydrogen-bond acceptors (Lipinski definition) is 5. The van der Waals surface area contributed by atoms with Crippen molar-refractivity contribution < 1.29 is 24.5 Å². The van der Waals surface area contributed by atoms with Gasteiger partial charge in [0.25, 0.3) is 0 Å². The van der Waals surface area contributed by atoms with Crippen molar-refractivity contribution in [1.29, 1.82) is 0 Å². The number of fused-ring (bicyclic) bond motifs is 1. The molecule has 0 bridgehead atoms.